The number of para-hydroxylation sites is 1. The molecule has 0 aliphatic rings. The largest absolute Gasteiger partial charge is 0.457 e. The number of anilines is 1. The molecule has 0 unspecified atom stereocenters. The van der Waals surface area contributed by atoms with E-state index in [1.165, 1.54) is 38.9 Å². The number of aryl methyl sites for hydroxylation is 4. The molecule has 7 rings (SSSR count). The minimum atomic E-state index is 0.750. The van der Waals surface area contributed by atoms with Crippen molar-refractivity contribution in [1.29, 1.82) is 0 Å². The second-order valence-corrected chi connectivity index (χ2v) is 12.1. The maximum atomic E-state index is 6.52. The zero-order chi connectivity index (χ0) is 31.4. The van der Waals surface area contributed by atoms with Gasteiger partial charge in [0, 0.05) is 60.1 Å². The fraction of sp³-hybridized carbons (Fsp3) is 0.179. The summed E-state index contributed by atoms with van der Waals surface area (Å²) in [6.45, 7) is 10.7. The summed E-state index contributed by atoms with van der Waals surface area (Å²) in [4.78, 5) is 6.86. The topological polar surface area (TPSA) is 48.1 Å². The first-order valence-electron chi connectivity index (χ1n) is 15.3. The lowest BCUT2D eigenvalue weighted by molar-refractivity contribution is 0.482. The molecule has 3 heterocycles. The van der Waals surface area contributed by atoms with E-state index in [0.29, 0.717) is 0 Å². The molecule has 0 amide bonds. The van der Waals surface area contributed by atoms with E-state index in [2.05, 4.69) is 125 Å². The SMILES string of the molecule is Cc1ccnc(-n2c3ccccc3c3ccc(Oc4cccc(-n5nc(C)c(-c6c(C)cc(N(C)C)cc6C)c5C)c4)cc32)c1. The van der Waals surface area contributed by atoms with Crippen LogP contribution in [0.3, 0.4) is 0 Å². The van der Waals surface area contributed by atoms with E-state index in [0.717, 1.165) is 50.8 Å². The van der Waals surface area contributed by atoms with Gasteiger partial charge in [-0.3, -0.25) is 4.57 Å². The molecule has 6 nitrogen and oxygen atoms in total. The maximum absolute atomic E-state index is 6.52. The molecule has 0 aliphatic heterocycles. The van der Waals surface area contributed by atoms with Gasteiger partial charge in [0.25, 0.3) is 0 Å². The Kier molecular flexibility index (Phi) is 6.93. The summed E-state index contributed by atoms with van der Waals surface area (Å²) >= 11 is 0. The molecule has 3 aromatic heterocycles. The summed E-state index contributed by atoms with van der Waals surface area (Å²) < 4.78 is 10.8. The van der Waals surface area contributed by atoms with Crippen LogP contribution in [0.2, 0.25) is 0 Å². The predicted molar refractivity (Wildman–Crippen MR) is 186 cm³/mol. The Balaban J connectivity index is 1.27. The van der Waals surface area contributed by atoms with Crippen molar-refractivity contribution in [2.75, 3.05) is 19.0 Å². The molecule has 0 saturated carbocycles. The summed E-state index contributed by atoms with van der Waals surface area (Å²) in [6.07, 6.45) is 1.86. The molecule has 0 spiro atoms. The Bertz CT molecular complexity index is 2210. The van der Waals surface area contributed by atoms with Crippen LogP contribution >= 0.6 is 0 Å². The smallest absolute Gasteiger partial charge is 0.137 e. The molecule has 45 heavy (non-hydrogen) atoms. The van der Waals surface area contributed by atoms with Gasteiger partial charge in [-0.1, -0.05) is 24.3 Å². The van der Waals surface area contributed by atoms with Crippen LogP contribution in [0.25, 0.3) is 44.4 Å². The standard InChI is InChI=1S/C39H37N5O/c1-24-17-18-40-37(19-24)43-35-14-9-8-13-33(35)34-16-15-32(23-36(34)43)45-31-12-10-11-29(22-31)44-28(5)39(27(4)41-44)38-25(2)20-30(42(6)7)21-26(38)3/h8-23H,1-7H3. The average Bonchev–Trinajstić information content (AvgIpc) is 3.50. The number of rotatable bonds is 6. The number of benzene rings is 4. The number of ether oxygens (including phenoxy) is 1. The lowest BCUT2D eigenvalue weighted by atomic mass is 9.93. The lowest BCUT2D eigenvalue weighted by Gasteiger charge is -2.18. The van der Waals surface area contributed by atoms with Crippen LogP contribution in [0.1, 0.15) is 28.1 Å². The minimum Gasteiger partial charge on any atom is -0.457 e. The Hall–Kier alpha value is -5.36. The fourth-order valence-electron chi connectivity index (χ4n) is 6.57. The van der Waals surface area contributed by atoms with E-state index >= 15 is 0 Å². The molecule has 0 radical (unpaired) electrons. The summed E-state index contributed by atoms with van der Waals surface area (Å²) in [5.41, 5.74) is 12.5. The van der Waals surface area contributed by atoms with Crippen LogP contribution in [-0.4, -0.2) is 33.4 Å². The Morgan fingerprint density at radius 1 is 0.667 bits per heavy atom. The van der Waals surface area contributed by atoms with E-state index in [1.54, 1.807) is 0 Å². The van der Waals surface area contributed by atoms with Gasteiger partial charge in [0.1, 0.15) is 17.3 Å². The van der Waals surface area contributed by atoms with Gasteiger partial charge in [0.05, 0.1) is 22.4 Å². The summed E-state index contributed by atoms with van der Waals surface area (Å²) in [7, 11) is 4.16. The first-order valence-corrected chi connectivity index (χ1v) is 15.3. The van der Waals surface area contributed by atoms with Gasteiger partial charge in [0.2, 0.25) is 0 Å². The van der Waals surface area contributed by atoms with Gasteiger partial charge in [-0.25, -0.2) is 9.67 Å². The van der Waals surface area contributed by atoms with Crippen molar-refractivity contribution < 1.29 is 4.74 Å². The van der Waals surface area contributed by atoms with Crippen LogP contribution in [0, 0.1) is 34.6 Å². The van der Waals surface area contributed by atoms with Crippen LogP contribution in [0.4, 0.5) is 5.69 Å². The van der Waals surface area contributed by atoms with Gasteiger partial charge < -0.3 is 9.64 Å². The van der Waals surface area contributed by atoms with Gasteiger partial charge in [-0.2, -0.15) is 5.10 Å². The first-order chi connectivity index (χ1) is 21.7. The highest BCUT2D eigenvalue weighted by Crippen LogP contribution is 2.38. The van der Waals surface area contributed by atoms with Crippen LogP contribution in [0.15, 0.2) is 97.2 Å². The third-order valence-corrected chi connectivity index (χ3v) is 8.65. The van der Waals surface area contributed by atoms with Gasteiger partial charge in [-0.05, 0) is 111 Å². The lowest BCUT2D eigenvalue weighted by Crippen LogP contribution is -2.09. The van der Waals surface area contributed by atoms with Crippen LogP contribution in [0.5, 0.6) is 11.5 Å². The first kappa shape index (κ1) is 28.4. The van der Waals surface area contributed by atoms with Gasteiger partial charge in [0.15, 0.2) is 0 Å². The Morgan fingerprint density at radius 3 is 2.16 bits per heavy atom. The second kappa shape index (κ2) is 11.0. The molecule has 0 saturated heterocycles. The van der Waals surface area contributed by atoms with Crippen molar-refractivity contribution in [3.05, 3.63) is 125 Å². The molecular formula is C39H37N5O. The van der Waals surface area contributed by atoms with Crippen molar-refractivity contribution in [3.8, 4) is 34.1 Å². The molecule has 0 bridgehead atoms. The zero-order valence-corrected chi connectivity index (χ0v) is 26.9. The molecular weight excluding hydrogens is 554 g/mol. The number of hydrogen-bond donors (Lipinski definition) is 0. The van der Waals surface area contributed by atoms with Crippen molar-refractivity contribution in [1.82, 2.24) is 19.3 Å². The molecule has 0 aliphatic carbocycles. The number of aromatic nitrogens is 4. The molecule has 0 N–H and O–H groups in total. The van der Waals surface area contributed by atoms with E-state index in [1.807, 2.05) is 35.1 Å². The third-order valence-electron chi connectivity index (χ3n) is 8.65. The maximum Gasteiger partial charge on any atom is 0.137 e. The van der Waals surface area contributed by atoms with E-state index in [9.17, 15) is 0 Å². The van der Waals surface area contributed by atoms with Crippen molar-refractivity contribution >= 4 is 27.5 Å². The molecule has 7 aromatic rings. The molecule has 0 fully saturated rings. The van der Waals surface area contributed by atoms with E-state index in [-0.39, 0.29) is 0 Å². The fourth-order valence-corrected chi connectivity index (χ4v) is 6.57. The van der Waals surface area contributed by atoms with Crippen molar-refractivity contribution in [2.45, 2.75) is 34.6 Å². The quantitative estimate of drug-likeness (QED) is 0.193. The monoisotopic (exact) mass is 591 g/mol. The molecule has 224 valence electrons. The van der Waals surface area contributed by atoms with Gasteiger partial charge in [-0.15, -0.1) is 0 Å². The average molecular weight is 592 g/mol. The summed E-state index contributed by atoms with van der Waals surface area (Å²) in [5.74, 6) is 2.40. The highest BCUT2D eigenvalue weighted by Gasteiger charge is 2.20. The third kappa shape index (κ3) is 4.92. The van der Waals surface area contributed by atoms with Crippen LogP contribution in [-0.2, 0) is 0 Å². The number of nitrogens with zero attached hydrogens (tertiary/aromatic N) is 5. The Labute approximate surface area is 264 Å². The Morgan fingerprint density at radius 2 is 1.40 bits per heavy atom. The van der Waals surface area contributed by atoms with Crippen molar-refractivity contribution in [2.24, 2.45) is 0 Å². The molecule has 6 heteroatoms. The highest BCUT2D eigenvalue weighted by atomic mass is 16.5. The normalized spacial score (nSPS) is 11.4. The van der Waals surface area contributed by atoms with E-state index < -0.39 is 0 Å². The summed E-state index contributed by atoms with van der Waals surface area (Å²) in [6, 6.07) is 31.5. The molecule has 4 aromatic carbocycles. The summed E-state index contributed by atoms with van der Waals surface area (Å²) in [5, 5.41) is 7.35. The van der Waals surface area contributed by atoms with Crippen LogP contribution < -0.4 is 9.64 Å². The zero-order valence-electron chi connectivity index (χ0n) is 26.9. The predicted octanol–water partition coefficient (Wildman–Crippen LogP) is 9.43. The minimum absolute atomic E-state index is 0.750. The van der Waals surface area contributed by atoms with Crippen molar-refractivity contribution in [3.63, 3.8) is 0 Å². The van der Waals surface area contributed by atoms with Gasteiger partial charge >= 0.3 is 0 Å². The van der Waals surface area contributed by atoms with E-state index in [4.69, 9.17) is 14.8 Å². The molecule has 0 atom stereocenters. The number of pyridine rings is 1. The number of fused-ring (bicyclic) bond motifs is 3. The number of hydrogen-bond acceptors (Lipinski definition) is 4. The second-order valence-electron chi connectivity index (χ2n) is 12.1. The highest BCUT2D eigenvalue weighted by molar-refractivity contribution is 6.09.